The third-order valence-corrected chi connectivity index (χ3v) is 3.68. The molecule has 20 heavy (non-hydrogen) atoms. The molecular weight excluding hydrogens is 257 g/mol. The first-order valence-electron chi connectivity index (χ1n) is 6.88. The number of piperidine rings is 1. The van der Waals surface area contributed by atoms with Gasteiger partial charge in [-0.05, 0) is 30.0 Å². The standard InChI is InChI=1S/C16H20FNO2/c1-12-10-18(7-6-16(12)20)11-13-4-5-15(17)14(9-13)3-2-8-19/h4-5,9,12,16,19-20H,6-8,10-11H2,1H3. The van der Waals surface area contributed by atoms with E-state index in [9.17, 15) is 9.50 Å². The molecule has 0 radical (unpaired) electrons. The predicted molar refractivity (Wildman–Crippen MR) is 75.4 cm³/mol. The Morgan fingerprint density at radius 2 is 2.25 bits per heavy atom. The van der Waals surface area contributed by atoms with Crippen molar-refractivity contribution in [1.29, 1.82) is 0 Å². The first-order valence-corrected chi connectivity index (χ1v) is 6.88. The van der Waals surface area contributed by atoms with Gasteiger partial charge in [-0.1, -0.05) is 24.8 Å². The van der Waals surface area contributed by atoms with Crippen LogP contribution < -0.4 is 0 Å². The SMILES string of the molecule is CC1CN(Cc2ccc(F)c(C#CCO)c2)CCC1O. The second kappa shape index (κ2) is 6.85. The number of benzene rings is 1. The van der Waals surface area contributed by atoms with Crippen LogP contribution in [-0.4, -0.2) is 40.9 Å². The van der Waals surface area contributed by atoms with Crippen molar-refractivity contribution >= 4 is 0 Å². The van der Waals surface area contributed by atoms with Crippen LogP contribution in [0.1, 0.15) is 24.5 Å². The number of hydrogen-bond acceptors (Lipinski definition) is 3. The highest BCUT2D eigenvalue weighted by Crippen LogP contribution is 2.19. The van der Waals surface area contributed by atoms with E-state index < -0.39 is 0 Å². The molecule has 0 bridgehead atoms. The summed E-state index contributed by atoms with van der Waals surface area (Å²) in [7, 11) is 0. The van der Waals surface area contributed by atoms with Crippen LogP contribution in [-0.2, 0) is 6.54 Å². The number of rotatable bonds is 2. The van der Waals surface area contributed by atoms with Crippen LogP contribution in [0.2, 0.25) is 0 Å². The van der Waals surface area contributed by atoms with Crippen molar-refractivity contribution in [2.75, 3.05) is 19.7 Å². The van der Waals surface area contributed by atoms with Gasteiger partial charge < -0.3 is 10.2 Å². The Hall–Kier alpha value is -1.41. The lowest BCUT2D eigenvalue weighted by Crippen LogP contribution is -2.41. The van der Waals surface area contributed by atoms with Gasteiger partial charge in [0.05, 0.1) is 11.7 Å². The second-order valence-electron chi connectivity index (χ2n) is 5.34. The lowest BCUT2D eigenvalue weighted by Gasteiger charge is -2.34. The Bertz CT molecular complexity index is 521. The summed E-state index contributed by atoms with van der Waals surface area (Å²) in [4.78, 5) is 2.26. The molecule has 3 nitrogen and oxygen atoms in total. The fraction of sp³-hybridized carbons (Fsp3) is 0.500. The summed E-state index contributed by atoms with van der Waals surface area (Å²) < 4.78 is 13.6. The minimum absolute atomic E-state index is 0.217. The van der Waals surface area contributed by atoms with E-state index in [1.807, 2.05) is 6.92 Å². The Morgan fingerprint density at radius 1 is 1.45 bits per heavy atom. The minimum atomic E-state index is -0.364. The van der Waals surface area contributed by atoms with Crippen molar-refractivity contribution in [3.8, 4) is 11.8 Å². The Morgan fingerprint density at radius 3 is 2.95 bits per heavy atom. The van der Waals surface area contributed by atoms with E-state index in [2.05, 4.69) is 16.7 Å². The third-order valence-electron chi connectivity index (χ3n) is 3.68. The summed E-state index contributed by atoms with van der Waals surface area (Å²) in [5, 5.41) is 18.4. The molecule has 1 aliphatic rings. The highest BCUT2D eigenvalue weighted by molar-refractivity contribution is 5.38. The molecule has 2 N–H and O–H groups in total. The van der Waals surface area contributed by atoms with Crippen molar-refractivity contribution < 1.29 is 14.6 Å². The zero-order valence-corrected chi connectivity index (χ0v) is 11.6. The van der Waals surface area contributed by atoms with E-state index in [4.69, 9.17) is 5.11 Å². The molecule has 2 atom stereocenters. The van der Waals surface area contributed by atoms with Crippen LogP contribution in [0.15, 0.2) is 18.2 Å². The van der Waals surface area contributed by atoms with E-state index in [0.29, 0.717) is 5.56 Å². The summed E-state index contributed by atoms with van der Waals surface area (Å²) in [5.74, 6) is 4.99. The molecule has 1 aromatic carbocycles. The molecule has 108 valence electrons. The highest BCUT2D eigenvalue weighted by atomic mass is 19.1. The molecule has 4 heteroatoms. The highest BCUT2D eigenvalue weighted by Gasteiger charge is 2.24. The topological polar surface area (TPSA) is 43.7 Å². The van der Waals surface area contributed by atoms with Gasteiger partial charge in [0.15, 0.2) is 0 Å². The molecule has 0 saturated carbocycles. The Kier molecular flexibility index (Phi) is 5.13. The molecule has 1 heterocycles. The molecule has 2 unspecified atom stereocenters. The number of halogens is 1. The van der Waals surface area contributed by atoms with Crippen molar-refractivity contribution in [2.24, 2.45) is 5.92 Å². The Labute approximate surface area is 119 Å². The lowest BCUT2D eigenvalue weighted by atomic mass is 9.96. The second-order valence-corrected chi connectivity index (χ2v) is 5.34. The van der Waals surface area contributed by atoms with E-state index in [-0.39, 0.29) is 24.4 Å². The normalized spacial score (nSPS) is 23.2. The monoisotopic (exact) mass is 277 g/mol. The largest absolute Gasteiger partial charge is 0.393 e. The summed E-state index contributed by atoms with van der Waals surface area (Å²) in [6, 6.07) is 4.90. The average molecular weight is 277 g/mol. The minimum Gasteiger partial charge on any atom is -0.393 e. The maximum absolute atomic E-state index is 13.6. The van der Waals surface area contributed by atoms with Gasteiger partial charge in [-0.25, -0.2) is 4.39 Å². The van der Waals surface area contributed by atoms with Crippen molar-refractivity contribution in [3.63, 3.8) is 0 Å². The van der Waals surface area contributed by atoms with Crippen LogP contribution >= 0.6 is 0 Å². The molecule has 1 aromatic rings. The van der Waals surface area contributed by atoms with Gasteiger partial charge in [-0.15, -0.1) is 0 Å². The molecule has 0 amide bonds. The average Bonchev–Trinajstić information content (AvgIpc) is 2.43. The van der Waals surface area contributed by atoms with Gasteiger partial charge in [0.1, 0.15) is 12.4 Å². The van der Waals surface area contributed by atoms with E-state index >= 15 is 0 Å². The molecule has 0 aliphatic carbocycles. The first-order chi connectivity index (χ1) is 9.60. The summed E-state index contributed by atoms with van der Waals surface area (Å²) in [5.41, 5.74) is 1.32. The number of hydrogen-bond donors (Lipinski definition) is 2. The van der Waals surface area contributed by atoms with Gasteiger partial charge in [-0.3, -0.25) is 4.90 Å². The summed E-state index contributed by atoms with van der Waals surface area (Å²) in [6.45, 7) is 4.19. The number of aliphatic hydroxyl groups is 2. The van der Waals surface area contributed by atoms with E-state index in [1.54, 1.807) is 12.1 Å². The third kappa shape index (κ3) is 3.80. The fourth-order valence-electron chi connectivity index (χ4n) is 2.52. The molecule has 1 fully saturated rings. The van der Waals surface area contributed by atoms with Crippen LogP contribution in [0.25, 0.3) is 0 Å². The Balaban J connectivity index is 2.06. The van der Waals surface area contributed by atoms with Crippen molar-refractivity contribution in [2.45, 2.75) is 26.0 Å². The molecule has 0 spiro atoms. The number of likely N-dealkylation sites (tertiary alicyclic amines) is 1. The van der Waals surface area contributed by atoms with Gasteiger partial charge in [0.2, 0.25) is 0 Å². The van der Waals surface area contributed by atoms with Crippen LogP contribution in [0, 0.1) is 23.6 Å². The summed E-state index contributed by atoms with van der Waals surface area (Å²) in [6.07, 6.45) is 0.560. The molecular formula is C16H20FNO2. The zero-order chi connectivity index (χ0) is 14.5. The maximum Gasteiger partial charge on any atom is 0.138 e. The smallest absolute Gasteiger partial charge is 0.138 e. The van der Waals surface area contributed by atoms with E-state index in [0.717, 1.165) is 31.6 Å². The van der Waals surface area contributed by atoms with Gasteiger partial charge in [0, 0.05) is 19.6 Å². The van der Waals surface area contributed by atoms with Gasteiger partial charge in [0.25, 0.3) is 0 Å². The van der Waals surface area contributed by atoms with E-state index in [1.165, 1.54) is 6.07 Å². The number of aliphatic hydroxyl groups excluding tert-OH is 2. The molecule has 2 rings (SSSR count). The van der Waals surface area contributed by atoms with Crippen molar-refractivity contribution in [1.82, 2.24) is 4.90 Å². The molecule has 0 aromatic heterocycles. The van der Waals surface area contributed by atoms with Gasteiger partial charge >= 0.3 is 0 Å². The van der Waals surface area contributed by atoms with Crippen LogP contribution in [0.3, 0.4) is 0 Å². The van der Waals surface area contributed by atoms with Gasteiger partial charge in [-0.2, -0.15) is 0 Å². The predicted octanol–water partition coefficient (Wildman–Crippen LogP) is 1.37. The lowest BCUT2D eigenvalue weighted by molar-refractivity contribution is 0.0320. The quantitative estimate of drug-likeness (QED) is 0.803. The first kappa shape index (κ1) is 15.0. The molecule has 1 saturated heterocycles. The summed E-state index contributed by atoms with van der Waals surface area (Å²) >= 11 is 0. The van der Waals surface area contributed by atoms with Crippen LogP contribution in [0.5, 0.6) is 0 Å². The zero-order valence-electron chi connectivity index (χ0n) is 11.6. The number of nitrogens with zero attached hydrogens (tertiary/aromatic N) is 1. The maximum atomic E-state index is 13.6. The molecule has 1 aliphatic heterocycles. The fourth-order valence-corrected chi connectivity index (χ4v) is 2.52. The van der Waals surface area contributed by atoms with Crippen LogP contribution in [0.4, 0.5) is 4.39 Å². The van der Waals surface area contributed by atoms with Crippen molar-refractivity contribution in [3.05, 3.63) is 35.1 Å².